The van der Waals surface area contributed by atoms with E-state index in [4.69, 9.17) is 28.9 Å². The van der Waals surface area contributed by atoms with Gasteiger partial charge in [-0.25, -0.2) is 4.39 Å². The molecule has 100 valence electrons. The second-order valence-electron chi connectivity index (χ2n) is 4.82. The van der Waals surface area contributed by atoms with E-state index in [9.17, 15) is 4.39 Å². The SMILES string of the molecule is CC(N)(Cc1cccc(Cl)c1F)c1cccc(Cl)c1. The molecule has 0 amide bonds. The van der Waals surface area contributed by atoms with Crippen LogP contribution in [0, 0.1) is 5.82 Å². The van der Waals surface area contributed by atoms with Crippen LogP contribution in [0.25, 0.3) is 0 Å². The Morgan fingerprint density at radius 1 is 1.16 bits per heavy atom. The number of nitrogens with two attached hydrogens (primary N) is 1. The zero-order chi connectivity index (χ0) is 14.0. The lowest BCUT2D eigenvalue weighted by molar-refractivity contribution is 0.475. The van der Waals surface area contributed by atoms with Crippen molar-refractivity contribution in [1.82, 2.24) is 0 Å². The predicted octanol–water partition coefficient (Wildman–Crippen LogP) is 4.55. The number of hydrogen-bond donors (Lipinski definition) is 1. The second-order valence-corrected chi connectivity index (χ2v) is 5.66. The molecule has 2 rings (SSSR count). The summed E-state index contributed by atoms with van der Waals surface area (Å²) >= 11 is 11.7. The monoisotopic (exact) mass is 297 g/mol. The first-order chi connectivity index (χ1) is 8.90. The summed E-state index contributed by atoms with van der Waals surface area (Å²) in [5.41, 5.74) is 6.94. The summed E-state index contributed by atoms with van der Waals surface area (Å²) in [5.74, 6) is -0.414. The quantitative estimate of drug-likeness (QED) is 0.884. The maximum atomic E-state index is 13.9. The molecule has 0 aliphatic carbocycles. The van der Waals surface area contributed by atoms with Gasteiger partial charge in [0.25, 0.3) is 0 Å². The average molecular weight is 298 g/mol. The number of benzene rings is 2. The zero-order valence-electron chi connectivity index (χ0n) is 10.5. The Balaban J connectivity index is 2.33. The minimum absolute atomic E-state index is 0.111. The van der Waals surface area contributed by atoms with E-state index in [0.29, 0.717) is 17.0 Å². The minimum Gasteiger partial charge on any atom is -0.321 e. The Hall–Kier alpha value is -1.09. The van der Waals surface area contributed by atoms with Crippen LogP contribution >= 0.6 is 23.2 Å². The Morgan fingerprint density at radius 3 is 2.53 bits per heavy atom. The van der Waals surface area contributed by atoms with Crippen LogP contribution in [0.3, 0.4) is 0 Å². The van der Waals surface area contributed by atoms with E-state index in [1.807, 2.05) is 19.1 Å². The summed E-state index contributed by atoms with van der Waals surface area (Å²) in [6.45, 7) is 1.85. The smallest absolute Gasteiger partial charge is 0.145 e. The van der Waals surface area contributed by atoms with Gasteiger partial charge in [-0.1, -0.05) is 47.5 Å². The van der Waals surface area contributed by atoms with Gasteiger partial charge < -0.3 is 5.73 Å². The van der Waals surface area contributed by atoms with Crippen LogP contribution in [0.2, 0.25) is 10.0 Å². The van der Waals surface area contributed by atoms with Crippen LogP contribution in [0.4, 0.5) is 4.39 Å². The van der Waals surface area contributed by atoms with Gasteiger partial charge in [0.1, 0.15) is 5.82 Å². The molecule has 0 radical (unpaired) electrons. The van der Waals surface area contributed by atoms with Crippen molar-refractivity contribution in [3.05, 3.63) is 69.5 Å². The molecule has 0 aromatic heterocycles. The average Bonchev–Trinajstić information content (AvgIpc) is 2.35. The molecule has 2 aromatic carbocycles. The Kier molecular flexibility index (Phi) is 4.14. The minimum atomic E-state index is -0.712. The molecule has 0 heterocycles. The largest absolute Gasteiger partial charge is 0.321 e. The summed E-state index contributed by atoms with van der Waals surface area (Å²) < 4.78 is 13.9. The molecule has 4 heteroatoms. The zero-order valence-corrected chi connectivity index (χ0v) is 12.0. The molecule has 1 atom stereocenters. The topological polar surface area (TPSA) is 26.0 Å². The molecular weight excluding hydrogens is 284 g/mol. The maximum absolute atomic E-state index is 13.9. The van der Waals surface area contributed by atoms with Crippen molar-refractivity contribution in [3.8, 4) is 0 Å². The molecule has 0 spiro atoms. The van der Waals surface area contributed by atoms with Gasteiger partial charge in [-0.2, -0.15) is 0 Å². The van der Waals surface area contributed by atoms with Gasteiger partial charge in [0.05, 0.1) is 5.02 Å². The molecule has 0 fully saturated rings. The molecule has 0 bridgehead atoms. The fourth-order valence-corrected chi connectivity index (χ4v) is 2.41. The van der Waals surface area contributed by atoms with Crippen molar-refractivity contribution in [2.24, 2.45) is 5.73 Å². The molecule has 1 unspecified atom stereocenters. The summed E-state index contributed by atoms with van der Waals surface area (Å²) in [5, 5.41) is 0.722. The van der Waals surface area contributed by atoms with Gasteiger partial charge in [0.15, 0.2) is 0 Å². The van der Waals surface area contributed by atoms with Gasteiger partial charge in [-0.3, -0.25) is 0 Å². The van der Waals surface area contributed by atoms with Crippen molar-refractivity contribution in [1.29, 1.82) is 0 Å². The predicted molar refractivity (Wildman–Crippen MR) is 78.1 cm³/mol. The van der Waals surface area contributed by atoms with Crippen LogP contribution in [0.15, 0.2) is 42.5 Å². The summed E-state index contributed by atoms with van der Waals surface area (Å²) in [6.07, 6.45) is 0.347. The van der Waals surface area contributed by atoms with E-state index >= 15 is 0 Å². The third kappa shape index (κ3) is 3.27. The van der Waals surface area contributed by atoms with E-state index in [0.717, 1.165) is 5.56 Å². The van der Waals surface area contributed by atoms with Gasteiger partial charge >= 0.3 is 0 Å². The molecule has 2 aromatic rings. The lowest BCUT2D eigenvalue weighted by Gasteiger charge is -2.26. The van der Waals surface area contributed by atoms with Gasteiger partial charge in [-0.15, -0.1) is 0 Å². The lowest BCUT2D eigenvalue weighted by Crippen LogP contribution is -2.35. The second kappa shape index (κ2) is 5.49. The van der Waals surface area contributed by atoms with Crippen LogP contribution in [0.1, 0.15) is 18.1 Å². The normalized spacial score (nSPS) is 14.2. The molecule has 19 heavy (non-hydrogen) atoms. The molecule has 0 saturated carbocycles. The Bertz CT molecular complexity index is 596. The molecule has 0 aliphatic heterocycles. The molecule has 2 N–H and O–H groups in total. The molecule has 0 aliphatic rings. The Labute approximate surface area is 122 Å². The fourth-order valence-electron chi connectivity index (χ4n) is 2.03. The summed E-state index contributed by atoms with van der Waals surface area (Å²) in [4.78, 5) is 0. The van der Waals surface area contributed by atoms with Crippen molar-refractivity contribution < 1.29 is 4.39 Å². The van der Waals surface area contributed by atoms with Crippen molar-refractivity contribution in [3.63, 3.8) is 0 Å². The van der Waals surface area contributed by atoms with Crippen LogP contribution in [-0.2, 0) is 12.0 Å². The van der Waals surface area contributed by atoms with Crippen LogP contribution < -0.4 is 5.73 Å². The van der Waals surface area contributed by atoms with Gasteiger partial charge in [0, 0.05) is 10.6 Å². The summed E-state index contributed by atoms with van der Waals surface area (Å²) in [7, 11) is 0. The maximum Gasteiger partial charge on any atom is 0.145 e. The molecule has 0 saturated heterocycles. The molecular formula is C15H14Cl2FN. The third-order valence-electron chi connectivity index (χ3n) is 3.07. The van der Waals surface area contributed by atoms with Crippen molar-refractivity contribution in [2.75, 3.05) is 0 Å². The van der Waals surface area contributed by atoms with E-state index < -0.39 is 11.4 Å². The summed E-state index contributed by atoms with van der Waals surface area (Å²) in [6, 6.07) is 12.2. The standard InChI is InChI=1S/C15H14Cl2FN/c1-15(19,11-5-3-6-12(16)8-11)9-10-4-2-7-13(17)14(10)18/h2-8H,9,19H2,1H3. The number of hydrogen-bond acceptors (Lipinski definition) is 1. The third-order valence-corrected chi connectivity index (χ3v) is 3.60. The highest BCUT2D eigenvalue weighted by molar-refractivity contribution is 6.31. The van der Waals surface area contributed by atoms with E-state index in [2.05, 4.69) is 0 Å². The highest BCUT2D eigenvalue weighted by Gasteiger charge is 2.24. The number of rotatable bonds is 3. The first-order valence-corrected chi connectivity index (χ1v) is 6.63. The van der Waals surface area contributed by atoms with E-state index in [1.54, 1.807) is 24.3 Å². The van der Waals surface area contributed by atoms with E-state index in [-0.39, 0.29) is 5.02 Å². The molecule has 1 nitrogen and oxygen atoms in total. The fraction of sp³-hybridized carbons (Fsp3) is 0.200. The van der Waals surface area contributed by atoms with Crippen molar-refractivity contribution in [2.45, 2.75) is 18.9 Å². The highest BCUT2D eigenvalue weighted by Crippen LogP contribution is 2.28. The van der Waals surface area contributed by atoms with Gasteiger partial charge in [0.2, 0.25) is 0 Å². The first-order valence-electron chi connectivity index (χ1n) is 5.88. The first kappa shape index (κ1) is 14.3. The van der Waals surface area contributed by atoms with Gasteiger partial charge in [-0.05, 0) is 42.7 Å². The Morgan fingerprint density at radius 2 is 1.84 bits per heavy atom. The highest BCUT2D eigenvalue weighted by atomic mass is 35.5. The van der Waals surface area contributed by atoms with Crippen LogP contribution in [-0.4, -0.2) is 0 Å². The van der Waals surface area contributed by atoms with Crippen molar-refractivity contribution >= 4 is 23.2 Å². The van der Waals surface area contributed by atoms with Crippen LogP contribution in [0.5, 0.6) is 0 Å². The lowest BCUT2D eigenvalue weighted by atomic mass is 9.86. The number of halogens is 3. The van der Waals surface area contributed by atoms with E-state index in [1.165, 1.54) is 6.07 Å².